The summed E-state index contributed by atoms with van der Waals surface area (Å²) < 4.78 is 5.57. The van der Waals surface area contributed by atoms with Gasteiger partial charge in [-0.15, -0.1) is 0 Å². The van der Waals surface area contributed by atoms with E-state index in [9.17, 15) is 4.79 Å². The Morgan fingerprint density at radius 2 is 2.21 bits per heavy atom. The number of oxazole rings is 1. The number of anilines is 1. The molecular weight excluding hydrogens is 264 g/mol. The van der Waals surface area contributed by atoms with E-state index in [1.54, 1.807) is 6.07 Å². The van der Waals surface area contributed by atoms with Gasteiger partial charge in [0.2, 0.25) is 0 Å². The number of rotatable bonds is 3. The maximum atomic E-state index is 10.9. The summed E-state index contributed by atoms with van der Waals surface area (Å²) in [6, 6.07) is 5.59. The molecule has 19 heavy (non-hydrogen) atoms. The van der Waals surface area contributed by atoms with Gasteiger partial charge < -0.3 is 14.8 Å². The number of carbonyl (C=O) groups is 1. The third kappa shape index (κ3) is 2.68. The highest BCUT2D eigenvalue weighted by Crippen LogP contribution is 2.24. The van der Waals surface area contributed by atoms with Gasteiger partial charge in [0.05, 0.1) is 5.56 Å². The number of benzene rings is 1. The molecule has 0 amide bonds. The van der Waals surface area contributed by atoms with Crippen LogP contribution in [0.3, 0.4) is 0 Å². The van der Waals surface area contributed by atoms with Crippen molar-refractivity contribution in [2.75, 3.05) is 16.8 Å². The lowest BCUT2D eigenvalue weighted by Gasteiger charge is -2.21. The molecule has 1 aromatic carbocycles. The lowest BCUT2D eigenvalue weighted by molar-refractivity contribution is 0.0697. The number of hydrogen-bond acceptors (Lipinski definition) is 5. The number of aromatic carboxylic acids is 1. The number of nitrogens with zero attached hydrogens (tertiary/aromatic N) is 1. The predicted octanol–water partition coefficient (Wildman–Crippen LogP) is 2.83. The Kier molecular flexibility index (Phi) is 3.33. The lowest BCUT2D eigenvalue weighted by Crippen LogP contribution is -2.24. The van der Waals surface area contributed by atoms with Crippen LogP contribution in [0, 0.1) is 0 Å². The van der Waals surface area contributed by atoms with Crippen LogP contribution in [0.5, 0.6) is 0 Å². The van der Waals surface area contributed by atoms with Gasteiger partial charge in [0.25, 0.3) is 6.01 Å². The molecule has 1 aromatic heterocycles. The van der Waals surface area contributed by atoms with E-state index < -0.39 is 5.97 Å². The first-order valence-electron chi connectivity index (χ1n) is 6.20. The maximum absolute atomic E-state index is 10.9. The molecule has 0 bridgehead atoms. The number of fused-ring (bicyclic) bond motifs is 1. The predicted molar refractivity (Wildman–Crippen MR) is 74.9 cm³/mol. The molecule has 0 unspecified atom stereocenters. The summed E-state index contributed by atoms with van der Waals surface area (Å²) in [7, 11) is 0. The number of hydrogen-bond donors (Lipinski definition) is 2. The summed E-state index contributed by atoms with van der Waals surface area (Å²) >= 11 is 1.96. The Morgan fingerprint density at radius 1 is 1.42 bits per heavy atom. The van der Waals surface area contributed by atoms with E-state index in [0.717, 1.165) is 24.3 Å². The van der Waals surface area contributed by atoms with E-state index >= 15 is 0 Å². The number of aromatic nitrogens is 1. The maximum Gasteiger partial charge on any atom is 0.335 e. The van der Waals surface area contributed by atoms with Crippen LogP contribution in [-0.2, 0) is 0 Å². The van der Waals surface area contributed by atoms with Crippen molar-refractivity contribution < 1.29 is 14.3 Å². The molecule has 100 valence electrons. The number of carboxylic acids is 1. The first-order valence-corrected chi connectivity index (χ1v) is 7.36. The lowest BCUT2D eigenvalue weighted by atomic mass is 10.2. The van der Waals surface area contributed by atoms with Crippen molar-refractivity contribution in [1.82, 2.24) is 4.98 Å². The Hall–Kier alpha value is -1.69. The van der Waals surface area contributed by atoms with Gasteiger partial charge in [-0.2, -0.15) is 16.7 Å². The summed E-state index contributed by atoms with van der Waals surface area (Å²) in [6.45, 7) is 0. The van der Waals surface area contributed by atoms with Crippen LogP contribution in [0.25, 0.3) is 11.1 Å². The van der Waals surface area contributed by atoms with Crippen molar-refractivity contribution in [3.8, 4) is 0 Å². The second-order valence-electron chi connectivity index (χ2n) is 4.54. The van der Waals surface area contributed by atoms with Crippen molar-refractivity contribution >= 4 is 34.8 Å². The molecule has 1 saturated heterocycles. The standard InChI is InChI=1S/C13H14N2O3S/c16-12(17)8-1-2-10-11(7-8)18-13(15-10)14-9-3-5-19-6-4-9/h1-2,7,9H,3-6H2,(H,14,15)(H,16,17). The molecule has 2 N–H and O–H groups in total. The minimum absolute atomic E-state index is 0.212. The molecule has 2 aromatic rings. The fourth-order valence-corrected chi connectivity index (χ4v) is 3.24. The van der Waals surface area contributed by atoms with Crippen LogP contribution in [0.15, 0.2) is 22.6 Å². The number of thioether (sulfide) groups is 1. The zero-order valence-electron chi connectivity index (χ0n) is 10.3. The van der Waals surface area contributed by atoms with Gasteiger partial charge >= 0.3 is 5.97 Å². The molecule has 0 spiro atoms. The molecule has 6 heteroatoms. The largest absolute Gasteiger partial charge is 0.478 e. The fraction of sp³-hybridized carbons (Fsp3) is 0.385. The van der Waals surface area contributed by atoms with Gasteiger partial charge in [-0.05, 0) is 42.5 Å². The monoisotopic (exact) mass is 278 g/mol. The smallest absolute Gasteiger partial charge is 0.335 e. The number of carboxylic acid groups (broad SMARTS) is 1. The van der Waals surface area contributed by atoms with Crippen LogP contribution >= 0.6 is 11.8 Å². The molecule has 1 aliphatic heterocycles. The van der Waals surface area contributed by atoms with E-state index in [1.807, 2.05) is 11.8 Å². The van der Waals surface area contributed by atoms with Crippen molar-refractivity contribution in [3.05, 3.63) is 23.8 Å². The van der Waals surface area contributed by atoms with Crippen LogP contribution in [0.2, 0.25) is 0 Å². The van der Waals surface area contributed by atoms with Crippen molar-refractivity contribution in [2.45, 2.75) is 18.9 Å². The molecule has 0 radical (unpaired) electrons. The van der Waals surface area contributed by atoms with Crippen LogP contribution < -0.4 is 5.32 Å². The van der Waals surface area contributed by atoms with Gasteiger partial charge in [-0.3, -0.25) is 0 Å². The Labute approximate surface area is 114 Å². The molecule has 0 saturated carbocycles. The van der Waals surface area contributed by atoms with Gasteiger partial charge in [0.15, 0.2) is 5.58 Å². The first kappa shape index (κ1) is 12.3. The molecule has 2 heterocycles. The van der Waals surface area contributed by atoms with Crippen LogP contribution in [0.1, 0.15) is 23.2 Å². The van der Waals surface area contributed by atoms with Gasteiger partial charge in [0, 0.05) is 6.04 Å². The second-order valence-corrected chi connectivity index (χ2v) is 5.76. The summed E-state index contributed by atoms with van der Waals surface area (Å²) in [4.78, 5) is 15.2. The normalized spacial score (nSPS) is 16.6. The first-order chi connectivity index (χ1) is 9.22. The van der Waals surface area contributed by atoms with E-state index in [-0.39, 0.29) is 5.56 Å². The molecular formula is C13H14N2O3S. The highest BCUT2D eigenvalue weighted by atomic mass is 32.2. The highest BCUT2D eigenvalue weighted by molar-refractivity contribution is 7.99. The van der Waals surface area contributed by atoms with Gasteiger partial charge in [0.1, 0.15) is 5.52 Å². The summed E-state index contributed by atoms with van der Waals surface area (Å²) in [5.41, 5.74) is 1.40. The molecule has 1 fully saturated rings. The zero-order valence-corrected chi connectivity index (χ0v) is 11.1. The molecule has 0 atom stereocenters. The van der Waals surface area contributed by atoms with Gasteiger partial charge in [-0.25, -0.2) is 4.79 Å². The quantitative estimate of drug-likeness (QED) is 0.899. The van der Waals surface area contributed by atoms with Crippen molar-refractivity contribution in [1.29, 1.82) is 0 Å². The second kappa shape index (κ2) is 5.13. The molecule has 0 aliphatic carbocycles. The Bertz CT molecular complexity index is 605. The van der Waals surface area contributed by atoms with Crippen molar-refractivity contribution in [2.24, 2.45) is 0 Å². The van der Waals surface area contributed by atoms with Crippen molar-refractivity contribution in [3.63, 3.8) is 0 Å². The van der Waals surface area contributed by atoms with Gasteiger partial charge in [-0.1, -0.05) is 0 Å². The highest BCUT2D eigenvalue weighted by Gasteiger charge is 2.16. The zero-order chi connectivity index (χ0) is 13.2. The fourth-order valence-electron chi connectivity index (χ4n) is 2.14. The summed E-state index contributed by atoms with van der Waals surface area (Å²) in [6.07, 6.45) is 2.20. The number of nitrogens with one attached hydrogen (secondary N) is 1. The third-order valence-electron chi connectivity index (χ3n) is 3.18. The minimum Gasteiger partial charge on any atom is -0.478 e. The average molecular weight is 278 g/mol. The van der Waals surface area contributed by atoms with E-state index in [1.165, 1.54) is 12.1 Å². The summed E-state index contributed by atoms with van der Waals surface area (Å²) in [5, 5.41) is 12.2. The van der Waals surface area contributed by atoms with E-state index in [4.69, 9.17) is 9.52 Å². The Morgan fingerprint density at radius 3 is 2.95 bits per heavy atom. The SMILES string of the molecule is O=C(O)c1ccc2nc(NC3CCSCC3)oc2c1. The van der Waals surface area contributed by atoms with E-state index in [0.29, 0.717) is 23.2 Å². The topological polar surface area (TPSA) is 75.4 Å². The molecule has 5 nitrogen and oxygen atoms in total. The summed E-state index contributed by atoms with van der Waals surface area (Å²) in [5.74, 6) is 1.35. The average Bonchev–Trinajstić information content (AvgIpc) is 2.80. The van der Waals surface area contributed by atoms with Crippen LogP contribution in [-0.4, -0.2) is 33.6 Å². The van der Waals surface area contributed by atoms with E-state index in [2.05, 4.69) is 10.3 Å². The molecule has 1 aliphatic rings. The minimum atomic E-state index is -0.961. The Balaban J connectivity index is 1.82. The van der Waals surface area contributed by atoms with Crippen LogP contribution in [0.4, 0.5) is 6.01 Å². The third-order valence-corrected chi connectivity index (χ3v) is 4.23. The molecule has 3 rings (SSSR count).